The highest BCUT2D eigenvalue weighted by Gasteiger charge is 2.32. The van der Waals surface area contributed by atoms with Crippen molar-refractivity contribution in [1.82, 2.24) is 15.1 Å². The Morgan fingerprint density at radius 2 is 2.10 bits per heavy atom. The van der Waals surface area contributed by atoms with Gasteiger partial charge in [-0.2, -0.15) is 5.10 Å². The minimum Gasteiger partial charge on any atom is -0.330 e. The first-order valence-electron chi connectivity index (χ1n) is 7.21. The number of H-pyrrole nitrogens is 1. The number of hydrogen-bond donors (Lipinski definition) is 2. The highest BCUT2D eigenvalue weighted by atomic mass is 35.5. The summed E-state index contributed by atoms with van der Waals surface area (Å²) in [5.41, 5.74) is 9.48. The van der Waals surface area contributed by atoms with Crippen molar-refractivity contribution in [1.29, 1.82) is 0 Å². The van der Waals surface area contributed by atoms with Crippen LogP contribution >= 0.6 is 12.4 Å². The van der Waals surface area contributed by atoms with Crippen LogP contribution in [0.15, 0.2) is 36.4 Å². The van der Waals surface area contributed by atoms with Crippen LogP contribution in [0.1, 0.15) is 19.0 Å². The third-order valence-electron chi connectivity index (χ3n) is 4.22. The van der Waals surface area contributed by atoms with Gasteiger partial charge in [-0.15, -0.1) is 12.4 Å². The van der Waals surface area contributed by atoms with E-state index in [2.05, 4.69) is 40.2 Å². The van der Waals surface area contributed by atoms with Crippen LogP contribution in [-0.4, -0.2) is 34.7 Å². The summed E-state index contributed by atoms with van der Waals surface area (Å²) < 4.78 is 0. The van der Waals surface area contributed by atoms with E-state index in [1.807, 2.05) is 18.2 Å². The van der Waals surface area contributed by atoms with Crippen molar-refractivity contribution in [3.8, 4) is 11.3 Å². The van der Waals surface area contributed by atoms with Gasteiger partial charge in [-0.3, -0.25) is 10.00 Å². The van der Waals surface area contributed by atoms with Crippen molar-refractivity contribution in [2.45, 2.75) is 19.9 Å². The number of aromatic nitrogens is 2. The van der Waals surface area contributed by atoms with Gasteiger partial charge in [0.2, 0.25) is 0 Å². The summed E-state index contributed by atoms with van der Waals surface area (Å²) in [6.07, 6.45) is 1.18. The second-order valence-corrected chi connectivity index (χ2v) is 6.12. The molecule has 1 unspecified atom stereocenters. The summed E-state index contributed by atoms with van der Waals surface area (Å²) in [4.78, 5) is 2.45. The van der Waals surface area contributed by atoms with E-state index in [-0.39, 0.29) is 17.8 Å². The number of nitrogens with zero attached hydrogens (tertiary/aromatic N) is 2. The summed E-state index contributed by atoms with van der Waals surface area (Å²) >= 11 is 0. The summed E-state index contributed by atoms with van der Waals surface area (Å²) in [5.74, 6) is 0. The van der Waals surface area contributed by atoms with Gasteiger partial charge in [0.05, 0.1) is 5.69 Å². The Hall–Kier alpha value is -1.36. The third-order valence-corrected chi connectivity index (χ3v) is 4.22. The molecule has 5 heteroatoms. The number of hydrogen-bond acceptors (Lipinski definition) is 3. The third kappa shape index (κ3) is 3.64. The first kappa shape index (κ1) is 16.0. The normalized spacial score (nSPS) is 22.2. The minimum absolute atomic E-state index is 0. The maximum atomic E-state index is 5.86. The molecule has 3 rings (SSSR count). The molecule has 0 amide bonds. The Bertz CT molecular complexity index is 569. The number of nitrogens with two attached hydrogens (primary N) is 1. The van der Waals surface area contributed by atoms with Crippen molar-refractivity contribution < 1.29 is 0 Å². The van der Waals surface area contributed by atoms with Crippen molar-refractivity contribution in [2.75, 3.05) is 19.6 Å². The summed E-state index contributed by atoms with van der Waals surface area (Å²) in [7, 11) is 0. The van der Waals surface area contributed by atoms with E-state index in [1.54, 1.807) is 0 Å². The van der Waals surface area contributed by atoms with Crippen LogP contribution in [0.2, 0.25) is 0 Å². The Morgan fingerprint density at radius 1 is 1.33 bits per heavy atom. The van der Waals surface area contributed by atoms with E-state index < -0.39 is 0 Å². The van der Waals surface area contributed by atoms with Crippen LogP contribution in [0.5, 0.6) is 0 Å². The highest BCUT2D eigenvalue weighted by Crippen LogP contribution is 2.29. The molecule has 1 saturated heterocycles. The smallest absolute Gasteiger partial charge is 0.0924 e. The molecule has 1 fully saturated rings. The van der Waals surface area contributed by atoms with E-state index >= 15 is 0 Å². The molecule has 0 radical (unpaired) electrons. The number of aromatic amines is 1. The number of rotatable bonds is 4. The van der Waals surface area contributed by atoms with Gasteiger partial charge in [0.1, 0.15) is 0 Å². The first-order valence-corrected chi connectivity index (χ1v) is 7.21. The molecule has 4 nitrogen and oxygen atoms in total. The van der Waals surface area contributed by atoms with E-state index in [4.69, 9.17) is 5.73 Å². The average Bonchev–Trinajstić information content (AvgIpc) is 3.08. The molecule has 0 bridgehead atoms. The van der Waals surface area contributed by atoms with Crippen molar-refractivity contribution >= 4 is 12.4 Å². The Kier molecular flexibility index (Phi) is 5.04. The summed E-state index contributed by atoms with van der Waals surface area (Å²) in [6, 6.07) is 12.4. The van der Waals surface area contributed by atoms with Crippen LogP contribution in [-0.2, 0) is 6.54 Å². The van der Waals surface area contributed by atoms with Gasteiger partial charge in [-0.25, -0.2) is 0 Å². The molecule has 0 saturated carbocycles. The number of likely N-dealkylation sites (tertiary alicyclic amines) is 1. The second kappa shape index (κ2) is 6.60. The Balaban J connectivity index is 0.00000161. The van der Waals surface area contributed by atoms with Gasteiger partial charge in [0.15, 0.2) is 0 Å². The van der Waals surface area contributed by atoms with Crippen molar-refractivity contribution in [2.24, 2.45) is 11.1 Å². The number of halogens is 1. The molecule has 1 aromatic carbocycles. The number of nitrogens with one attached hydrogen (secondary N) is 1. The predicted molar refractivity (Wildman–Crippen MR) is 88.3 cm³/mol. The quantitative estimate of drug-likeness (QED) is 0.913. The molecule has 2 heterocycles. The molecule has 114 valence electrons. The molecule has 0 spiro atoms. The lowest BCUT2D eigenvalue weighted by molar-refractivity contribution is 0.272. The van der Waals surface area contributed by atoms with E-state index in [0.29, 0.717) is 0 Å². The summed E-state index contributed by atoms with van der Waals surface area (Å²) in [5, 5.41) is 7.56. The molecular weight excluding hydrogens is 284 g/mol. The monoisotopic (exact) mass is 306 g/mol. The van der Waals surface area contributed by atoms with Crippen molar-refractivity contribution in [3.05, 3.63) is 42.1 Å². The molecule has 1 aliphatic heterocycles. The van der Waals surface area contributed by atoms with E-state index in [9.17, 15) is 0 Å². The molecule has 0 aliphatic carbocycles. The van der Waals surface area contributed by atoms with Gasteiger partial charge >= 0.3 is 0 Å². The van der Waals surface area contributed by atoms with Gasteiger partial charge < -0.3 is 5.73 Å². The first-order chi connectivity index (χ1) is 9.68. The molecule has 2 aromatic rings. The Labute approximate surface area is 132 Å². The van der Waals surface area contributed by atoms with Crippen LogP contribution < -0.4 is 5.73 Å². The van der Waals surface area contributed by atoms with Gasteiger partial charge in [0, 0.05) is 24.3 Å². The highest BCUT2D eigenvalue weighted by molar-refractivity contribution is 5.85. The van der Waals surface area contributed by atoms with Crippen LogP contribution in [0.25, 0.3) is 11.3 Å². The Morgan fingerprint density at radius 3 is 2.76 bits per heavy atom. The molecule has 1 aliphatic rings. The van der Waals surface area contributed by atoms with Crippen LogP contribution in [0.4, 0.5) is 0 Å². The maximum absolute atomic E-state index is 5.86. The fraction of sp³-hybridized carbons (Fsp3) is 0.438. The van der Waals surface area contributed by atoms with E-state index in [0.717, 1.165) is 37.4 Å². The lowest BCUT2D eigenvalue weighted by Crippen LogP contribution is -2.31. The van der Waals surface area contributed by atoms with Gasteiger partial charge in [-0.1, -0.05) is 37.3 Å². The molecular formula is C16H23ClN4. The SMILES string of the molecule is CC1(CN)CCN(Cc2cc(-c3ccccc3)n[nH]2)C1.Cl. The van der Waals surface area contributed by atoms with Crippen LogP contribution in [0.3, 0.4) is 0 Å². The average molecular weight is 307 g/mol. The van der Waals surface area contributed by atoms with E-state index in [1.165, 1.54) is 12.1 Å². The fourth-order valence-electron chi connectivity index (χ4n) is 2.87. The zero-order valence-corrected chi connectivity index (χ0v) is 13.2. The molecule has 21 heavy (non-hydrogen) atoms. The second-order valence-electron chi connectivity index (χ2n) is 6.12. The van der Waals surface area contributed by atoms with Gasteiger partial charge in [-0.05, 0) is 31.0 Å². The van der Waals surface area contributed by atoms with Crippen LogP contribution in [0, 0.1) is 5.41 Å². The van der Waals surface area contributed by atoms with Gasteiger partial charge in [0.25, 0.3) is 0 Å². The topological polar surface area (TPSA) is 57.9 Å². The number of benzene rings is 1. The largest absolute Gasteiger partial charge is 0.330 e. The fourth-order valence-corrected chi connectivity index (χ4v) is 2.87. The minimum atomic E-state index is 0. The molecule has 3 N–H and O–H groups in total. The summed E-state index contributed by atoms with van der Waals surface area (Å²) in [6.45, 7) is 6.16. The zero-order valence-electron chi connectivity index (χ0n) is 12.4. The zero-order chi connectivity index (χ0) is 14.0. The predicted octanol–water partition coefficient (Wildman–Crippen LogP) is 2.67. The maximum Gasteiger partial charge on any atom is 0.0924 e. The lowest BCUT2D eigenvalue weighted by Gasteiger charge is -2.22. The standard InChI is InChI=1S/C16H22N4.ClH/c1-16(11-17)7-8-20(12-16)10-14-9-15(19-18-14)13-5-3-2-4-6-13;/h2-6,9H,7-8,10-12,17H2,1H3,(H,18,19);1H. The molecule has 1 atom stereocenters. The van der Waals surface area contributed by atoms with Crippen molar-refractivity contribution in [3.63, 3.8) is 0 Å². The molecule has 1 aromatic heterocycles. The lowest BCUT2D eigenvalue weighted by atomic mass is 9.90.